The lowest BCUT2D eigenvalue weighted by Crippen LogP contribution is -2.25. The van der Waals surface area contributed by atoms with E-state index in [4.69, 9.17) is 9.47 Å². The number of aromatic nitrogens is 1. The van der Waals surface area contributed by atoms with E-state index in [-0.39, 0.29) is 6.04 Å². The molecule has 0 fully saturated rings. The molecule has 2 aliphatic heterocycles. The van der Waals surface area contributed by atoms with Crippen molar-refractivity contribution in [2.24, 2.45) is 0 Å². The van der Waals surface area contributed by atoms with Crippen LogP contribution in [0.3, 0.4) is 0 Å². The van der Waals surface area contributed by atoms with Crippen LogP contribution in [0.5, 0.6) is 0 Å². The minimum Gasteiger partial charge on any atom is -0.462 e. The lowest BCUT2D eigenvalue weighted by Gasteiger charge is -2.22. The number of para-hydroxylation sites is 1. The predicted molar refractivity (Wildman–Crippen MR) is 66.9 cm³/mol. The van der Waals surface area contributed by atoms with E-state index in [0.717, 1.165) is 24.4 Å². The van der Waals surface area contributed by atoms with E-state index < -0.39 is 0 Å². The maximum atomic E-state index is 5.47. The van der Waals surface area contributed by atoms with Crippen LogP contribution in [0.1, 0.15) is 17.3 Å². The minimum absolute atomic E-state index is 0.0383. The number of hydrogen-bond donors (Lipinski definition) is 1. The van der Waals surface area contributed by atoms with Gasteiger partial charge in [-0.05, 0) is 18.1 Å². The molecule has 1 N–H and O–H groups in total. The Bertz CT molecular complexity index is 630. The quantitative estimate of drug-likeness (QED) is 0.832. The molecule has 0 saturated carbocycles. The first-order valence-corrected chi connectivity index (χ1v) is 6.14. The van der Waals surface area contributed by atoms with Crippen LogP contribution in [0.4, 0.5) is 0 Å². The number of nitrogens with one attached hydrogen (secondary N) is 1. The zero-order valence-corrected chi connectivity index (χ0v) is 9.85. The van der Waals surface area contributed by atoms with Crippen molar-refractivity contribution < 1.29 is 9.47 Å². The summed E-state index contributed by atoms with van der Waals surface area (Å²) >= 11 is 0. The number of rotatable bonds is 1. The summed E-state index contributed by atoms with van der Waals surface area (Å²) in [6.07, 6.45) is 2.67. The summed E-state index contributed by atoms with van der Waals surface area (Å²) in [5, 5.41) is 5.94. The molecule has 0 aliphatic carbocycles. The van der Waals surface area contributed by atoms with Gasteiger partial charge in [-0.3, -0.25) is 0 Å². The molecule has 3 heterocycles. The molecular weight excluding hydrogens is 228 g/mol. The number of hydrogen-bond acceptors (Lipinski definition) is 2. The Morgan fingerprint density at radius 2 is 2.22 bits per heavy atom. The van der Waals surface area contributed by atoms with Crippen LogP contribution in [0, 0.1) is 0 Å². The van der Waals surface area contributed by atoms with E-state index in [1.807, 2.05) is 6.07 Å². The van der Waals surface area contributed by atoms with Gasteiger partial charge in [0.05, 0.1) is 0 Å². The second-order valence-corrected chi connectivity index (χ2v) is 4.57. The fourth-order valence-electron chi connectivity index (χ4n) is 2.75. The fourth-order valence-corrected chi connectivity index (χ4v) is 2.75. The largest absolute Gasteiger partial charge is 0.462 e. The summed E-state index contributed by atoms with van der Waals surface area (Å²) in [5.41, 5.74) is 3.69. The topological polar surface area (TPSA) is 48.4 Å². The third-order valence-electron chi connectivity index (χ3n) is 3.56. The first kappa shape index (κ1) is 10.0. The van der Waals surface area contributed by atoms with Crippen LogP contribution in [0.25, 0.3) is 10.9 Å². The average molecular weight is 241 g/mol. The molecule has 4 rings (SSSR count). The number of fused-ring (bicyclic) bond motifs is 3. The monoisotopic (exact) mass is 241 g/mol. The van der Waals surface area contributed by atoms with E-state index >= 15 is 0 Å². The summed E-state index contributed by atoms with van der Waals surface area (Å²) in [7, 11) is 0. The van der Waals surface area contributed by atoms with Gasteiger partial charge in [-0.15, -0.1) is 0 Å². The van der Waals surface area contributed by atoms with Crippen LogP contribution in [0.15, 0.2) is 36.3 Å². The molecular formula is C14H13N2O2. The Morgan fingerprint density at radius 3 is 3.11 bits per heavy atom. The van der Waals surface area contributed by atoms with Gasteiger partial charge in [0.2, 0.25) is 6.79 Å². The molecule has 1 unspecified atom stereocenters. The number of benzene rings is 1. The van der Waals surface area contributed by atoms with Crippen molar-refractivity contribution in [2.45, 2.75) is 12.5 Å². The smallest absolute Gasteiger partial charge is 0.229 e. The first-order chi connectivity index (χ1) is 8.93. The van der Waals surface area contributed by atoms with Crippen LogP contribution >= 0.6 is 0 Å². The number of nitrogens with zero attached hydrogens (tertiary/aromatic N) is 1. The molecule has 2 aromatic rings. The van der Waals surface area contributed by atoms with Crippen LogP contribution < -0.4 is 5.32 Å². The Morgan fingerprint density at radius 1 is 1.28 bits per heavy atom. The van der Waals surface area contributed by atoms with Crippen molar-refractivity contribution in [3.05, 3.63) is 47.5 Å². The molecule has 1 aromatic heterocycles. The lowest BCUT2D eigenvalue weighted by molar-refractivity contribution is 0.0725. The zero-order valence-electron chi connectivity index (χ0n) is 9.85. The molecule has 4 nitrogen and oxygen atoms in total. The van der Waals surface area contributed by atoms with Gasteiger partial charge in [-0.25, -0.2) is 5.32 Å². The highest BCUT2D eigenvalue weighted by Crippen LogP contribution is 2.35. The highest BCUT2D eigenvalue weighted by Gasteiger charge is 2.30. The minimum atomic E-state index is -0.0383. The Hall–Kier alpha value is -1.94. The van der Waals surface area contributed by atoms with E-state index in [0.29, 0.717) is 6.79 Å². The summed E-state index contributed by atoms with van der Waals surface area (Å²) in [6.45, 7) is 1.14. The van der Waals surface area contributed by atoms with Crippen molar-refractivity contribution in [1.29, 1.82) is 0 Å². The zero-order chi connectivity index (χ0) is 11.9. The Kier molecular flexibility index (Phi) is 2.11. The van der Waals surface area contributed by atoms with Gasteiger partial charge in [0.25, 0.3) is 0 Å². The summed E-state index contributed by atoms with van der Waals surface area (Å²) in [5.74, 6) is 0.808. The maximum Gasteiger partial charge on any atom is 0.229 e. The fraction of sp³-hybridized carbons (Fsp3) is 0.286. The third kappa shape index (κ3) is 1.36. The van der Waals surface area contributed by atoms with Crippen molar-refractivity contribution in [1.82, 2.24) is 10.3 Å². The van der Waals surface area contributed by atoms with Gasteiger partial charge in [0.1, 0.15) is 12.3 Å². The van der Waals surface area contributed by atoms with Crippen LogP contribution in [-0.2, 0) is 15.9 Å². The number of aromatic amines is 1. The van der Waals surface area contributed by atoms with Gasteiger partial charge < -0.3 is 14.5 Å². The summed E-state index contributed by atoms with van der Waals surface area (Å²) in [4.78, 5) is 3.47. The molecule has 0 saturated heterocycles. The van der Waals surface area contributed by atoms with Crippen molar-refractivity contribution in [3.63, 3.8) is 0 Å². The lowest BCUT2D eigenvalue weighted by atomic mass is 9.98. The number of ether oxygens (including phenoxy) is 2. The molecule has 18 heavy (non-hydrogen) atoms. The first-order valence-electron chi connectivity index (χ1n) is 6.14. The average Bonchev–Trinajstić information content (AvgIpc) is 3.05. The molecule has 1 atom stereocenters. The van der Waals surface area contributed by atoms with Crippen molar-refractivity contribution in [3.8, 4) is 0 Å². The predicted octanol–water partition coefficient (Wildman–Crippen LogP) is 2.22. The molecule has 0 bridgehead atoms. The SMILES string of the molecule is C1=C(C2[N]CCc3c2[nH]c2ccccc32)OCO1. The number of H-pyrrole nitrogens is 1. The van der Waals surface area contributed by atoms with Gasteiger partial charge in [0, 0.05) is 23.1 Å². The van der Waals surface area contributed by atoms with E-state index in [1.165, 1.54) is 16.5 Å². The van der Waals surface area contributed by atoms with E-state index in [2.05, 4.69) is 28.5 Å². The van der Waals surface area contributed by atoms with Gasteiger partial charge in [-0.1, -0.05) is 18.2 Å². The molecule has 2 aliphatic rings. The van der Waals surface area contributed by atoms with Crippen LogP contribution in [-0.4, -0.2) is 18.3 Å². The second kappa shape index (κ2) is 3.78. The molecule has 0 spiro atoms. The highest BCUT2D eigenvalue weighted by molar-refractivity contribution is 5.85. The summed E-state index contributed by atoms with van der Waals surface area (Å²) < 4.78 is 10.6. The Labute approximate surface area is 105 Å². The van der Waals surface area contributed by atoms with E-state index in [9.17, 15) is 0 Å². The molecule has 91 valence electrons. The highest BCUT2D eigenvalue weighted by atomic mass is 16.7. The molecule has 1 aromatic carbocycles. The van der Waals surface area contributed by atoms with Crippen molar-refractivity contribution >= 4 is 10.9 Å². The standard InChI is InChI=1S/C14H13N2O2/c1-2-4-11-9(3-1)10-5-6-15-14(13(10)16-11)12-7-17-8-18-12/h1-4,7,14,16H,5-6,8H2. The Balaban J connectivity index is 1.88. The molecule has 4 heteroatoms. The van der Waals surface area contributed by atoms with Crippen LogP contribution in [0.2, 0.25) is 0 Å². The summed E-state index contributed by atoms with van der Waals surface area (Å²) in [6, 6.07) is 8.35. The normalized spacial score (nSPS) is 22.2. The molecule has 0 amide bonds. The second-order valence-electron chi connectivity index (χ2n) is 4.57. The van der Waals surface area contributed by atoms with Gasteiger partial charge >= 0.3 is 0 Å². The van der Waals surface area contributed by atoms with Gasteiger partial charge in [0.15, 0.2) is 5.76 Å². The third-order valence-corrected chi connectivity index (χ3v) is 3.56. The maximum absolute atomic E-state index is 5.47. The van der Waals surface area contributed by atoms with Gasteiger partial charge in [-0.2, -0.15) is 0 Å². The van der Waals surface area contributed by atoms with Crippen molar-refractivity contribution in [2.75, 3.05) is 13.3 Å². The molecule has 1 radical (unpaired) electrons. The van der Waals surface area contributed by atoms with E-state index in [1.54, 1.807) is 6.26 Å².